The lowest BCUT2D eigenvalue weighted by atomic mass is 10.1. The summed E-state index contributed by atoms with van der Waals surface area (Å²) in [6.45, 7) is 3.68. The number of hydrazone groups is 1. The number of carboxylic acid groups (broad SMARTS) is 2. The molecule has 0 bridgehead atoms. The molecule has 1 amide bonds. The van der Waals surface area contributed by atoms with Crippen LogP contribution in [-0.2, 0) is 0 Å². The Morgan fingerprint density at radius 1 is 1.00 bits per heavy atom. The number of carbonyl (C=O) groups excluding carboxylic acids is 1. The van der Waals surface area contributed by atoms with Crippen molar-refractivity contribution in [1.29, 1.82) is 0 Å². The average molecular weight is 395 g/mol. The van der Waals surface area contributed by atoms with Gasteiger partial charge in [0.25, 0.3) is 5.91 Å². The van der Waals surface area contributed by atoms with Gasteiger partial charge < -0.3 is 19.2 Å². The van der Waals surface area contributed by atoms with E-state index in [0.717, 1.165) is 17.6 Å². The molecule has 0 saturated carbocycles. The summed E-state index contributed by atoms with van der Waals surface area (Å²) in [4.78, 5) is 34.8. The van der Waals surface area contributed by atoms with Crippen molar-refractivity contribution in [3.05, 3.63) is 76.5 Å². The van der Waals surface area contributed by atoms with Gasteiger partial charge in [-0.05, 0) is 56.3 Å². The Kier molecular flexibility index (Phi) is 5.31. The first-order valence-corrected chi connectivity index (χ1v) is 8.47. The predicted octanol–water partition coefficient (Wildman–Crippen LogP) is 2.85. The summed E-state index contributed by atoms with van der Waals surface area (Å²) in [5.74, 6) is -2.97. The maximum absolute atomic E-state index is 12.4. The molecule has 0 unspecified atom stereocenters. The highest BCUT2D eigenvalue weighted by atomic mass is 16.4. The van der Waals surface area contributed by atoms with E-state index in [2.05, 4.69) is 10.5 Å². The Hall–Kier alpha value is -4.14. The number of carbonyl (C=O) groups is 3. The molecule has 148 valence electrons. The fourth-order valence-electron chi connectivity index (χ4n) is 2.84. The van der Waals surface area contributed by atoms with Crippen LogP contribution in [0.4, 0.5) is 0 Å². The Morgan fingerprint density at radius 2 is 1.69 bits per heavy atom. The summed E-state index contributed by atoms with van der Waals surface area (Å²) in [6, 6.07) is 10.6. The summed E-state index contributed by atoms with van der Waals surface area (Å²) in [7, 11) is 0. The fourth-order valence-corrected chi connectivity index (χ4v) is 2.84. The van der Waals surface area contributed by atoms with Gasteiger partial charge in [0.1, 0.15) is 5.76 Å². The molecule has 0 atom stereocenters. The summed E-state index contributed by atoms with van der Waals surface area (Å²) in [5.41, 5.74) is 4.59. The van der Waals surface area contributed by atoms with Crippen LogP contribution in [-0.4, -0.2) is 38.8 Å². The number of nitrogens with one attached hydrogen (secondary N) is 1. The minimum Gasteiger partial charge on any atom is -0.478 e. The third-order valence-corrected chi connectivity index (χ3v) is 4.20. The zero-order valence-electron chi connectivity index (χ0n) is 15.5. The summed E-state index contributed by atoms with van der Waals surface area (Å²) >= 11 is 0. The number of aryl methyl sites for hydroxylation is 2. The van der Waals surface area contributed by atoms with Gasteiger partial charge in [-0.3, -0.25) is 4.79 Å². The van der Waals surface area contributed by atoms with Crippen molar-refractivity contribution in [3.63, 3.8) is 0 Å². The number of aromatic nitrogens is 1. The number of furan rings is 1. The van der Waals surface area contributed by atoms with Crippen molar-refractivity contribution < 1.29 is 29.0 Å². The lowest BCUT2D eigenvalue weighted by molar-refractivity contribution is 0.0659. The van der Waals surface area contributed by atoms with E-state index in [1.807, 2.05) is 26.0 Å². The molecule has 2 aromatic heterocycles. The first-order chi connectivity index (χ1) is 13.8. The minimum atomic E-state index is -1.21. The maximum Gasteiger partial charge on any atom is 0.371 e. The molecule has 0 saturated heterocycles. The number of amides is 1. The Bertz CT molecular complexity index is 1120. The maximum atomic E-state index is 12.4. The molecule has 0 aliphatic heterocycles. The molecule has 29 heavy (non-hydrogen) atoms. The number of hydrogen-bond acceptors (Lipinski definition) is 5. The highest BCUT2D eigenvalue weighted by Crippen LogP contribution is 2.22. The highest BCUT2D eigenvalue weighted by molar-refractivity contribution is 5.98. The van der Waals surface area contributed by atoms with Crippen molar-refractivity contribution in [3.8, 4) is 5.69 Å². The quantitative estimate of drug-likeness (QED) is 0.434. The molecule has 0 aliphatic carbocycles. The normalized spacial score (nSPS) is 11.0. The molecule has 0 fully saturated rings. The summed E-state index contributed by atoms with van der Waals surface area (Å²) in [5, 5.41) is 22.0. The van der Waals surface area contributed by atoms with Crippen LogP contribution in [0, 0.1) is 13.8 Å². The van der Waals surface area contributed by atoms with Crippen LogP contribution in [0.3, 0.4) is 0 Å². The average Bonchev–Trinajstić information content (AvgIpc) is 3.28. The number of rotatable bonds is 6. The third kappa shape index (κ3) is 4.08. The fraction of sp³-hybridized carbons (Fsp3) is 0.100. The van der Waals surface area contributed by atoms with E-state index in [-0.39, 0.29) is 22.6 Å². The largest absolute Gasteiger partial charge is 0.478 e. The molecule has 9 heteroatoms. The standard InChI is InChI=1S/C20H17N3O6/c1-11-3-4-12(2)23(11)16-9-13(5-7-15(16)19(25)26)18(24)22-21-10-14-6-8-17(29-14)20(27)28/h3-10H,1-2H3,(H,22,24)(H,25,26)(H,27,28)/b21-10+. The van der Waals surface area contributed by atoms with Crippen molar-refractivity contribution in [2.45, 2.75) is 13.8 Å². The van der Waals surface area contributed by atoms with E-state index < -0.39 is 17.8 Å². The molecular weight excluding hydrogens is 378 g/mol. The predicted molar refractivity (Wildman–Crippen MR) is 103 cm³/mol. The van der Waals surface area contributed by atoms with Gasteiger partial charge in [-0.15, -0.1) is 0 Å². The molecule has 9 nitrogen and oxygen atoms in total. The number of aromatic carboxylic acids is 2. The molecular formula is C20H17N3O6. The lowest BCUT2D eigenvalue weighted by Gasteiger charge is -2.14. The van der Waals surface area contributed by atoms with E-state index in [4.69, 9.17) is 9.52 Å². The summed E-state index contributed by atoms with van der Waals surface area (Å²) in [6.07, 6.45) is 1.16. The van der Waals surface area contributed by atoms with E-state index in [1.54, 1.807) is 4.57 Å². The highest BCUT2D eigenvalue weighted by Gasteiger charge is 2.17. The molecule has 3 rings (SSSR count). The van der Waals surface area contributed by atoms with E-state index in [1.165, 1.54) is 30.3 Å². The zero-order chi connectivity index (χ0) is 21.1. The molecule has 0 radical (unpaired) electrons. The first-order valence-electron chi connectivity index (χ1n) is 8.47. The molecule has 0 aliphatic rings. The van der Waals surface area contributed by atoms with Crippen LogP contribution in [0.25, 0.3) is 5.69 Å². The van der Waals surface area contributed by atoms with Crippen molar-refractivity contribution in [2.75, 3.05) is 0 Å². The second-order valence-electron chi connectivity index (χ2n) is 6.19. The first kappa shape index (κ1) is 19.6. The van der Waals surface area contributed by atoms with Crippen LogP contribution in [0.15, 0.2) is 52.0 Å². The molecule has 3 aromatic rings. The van der Waals surface area contributed by atoms with E-state index in [9.17, 15) is 19.5 Å². The Morgan fingerprint density at radius 3 is 2.28 bits per heavy atom. The monoisotopic (exact) mass is 395 g/mol. The van der Waals surface area contributed by atoms with Crippen LogP contribution < -0.4 is 5.43 Å². The van der Waals surface area contributed by atoms with Gasteiger partial charge in [-0.25, -0.2) is 15.0 Å². The summed E-state index contributed by atoms with van der Waals surface area (Å²) < 4.78 is 6.75. The Labute approximate surface area is 164 Å². The van der Waals surface area contributed by atoms with Crippen molar-refractivity contribution in [1.82, 2.24) is 9.99 Å². The molecule has 0 spiro atoms. The van der Waals surface area contributed by atoms with Gasteiger partial charge in [0.15, 0.2) is 0 Å². The van der Waals surface area contributed by atoms with Gasteiger partial charge in [0.05, 0.1) is 17.5 Å². The van der Waals surface area contributed by atoms with Crippen LogP contribution in [0.2, 0.25) is 0 Å². The van der Waals surface area contributed by atoms with Gasteiger partial charge in [-0.1, -0.05) is 0 Å². The van der Waals surface area contributed by atoms with E-state index in [0.29, 0.717) is 5.69 Å². The number of hydrogen-bond donors (Lipinski definition) is 3. The lowest BCUT2D eigenvalue weighted by Crippen LogP contribution is -2.19. The molecule has 1 aromatic carbocycles. The zero-order valence-corrected chi connectivity index (χ0v) is 15.5. The smallest absolute Gasteiger partial charge is 0.371 e. The van der Waals surface area contributed by atoms with Crippen LogP contribution in [0.5, 0.6) is 0 Å². The molecule has 2 heterocycles. The Balaban J connectivity index is 1.85. The second kappa shape index (κ2) is 7.85. The SMILES string of the molecule is Cc1ccc(C)n1-c1cc(C(=O)N/N=C/c2ccc(C(=O)O)o2)ccc1C(=O)O. The van der Waals surface area contributed by atoms with Crippen LogP contribution in [0.1, 0.15) is 48.4 Å². The van der Waals surface area contributed by atoms with Gasteiger partial charge in [0.2, 0.25) is 5.76 Å². The molecule has 3 N–H and O–H groups in total. The third-order valence-electron chi connectivity index (χ3n) is 4.20. The van der Waals surface area contributed by atoms with E-state index >= 15 is 0 Å². The topological polar surface area (TPSA) is 134 Å². The number of carboxylic acids is 2. The van der Waals surface area contributed by atoms with Crippen molar-refractivity contribution in [2.24, 2.45) is 5.10 Å². The van der Waals surface area contributed by atoms with Crippen molar-refractivity contribution >= 4 is 24.1 Å². The minimum absolute atomic E-state index is 0.0595. The van der Waals surface area contributed by atoms with Gasteiger partial charge >= 0.3 is 11.9 Å². The van der Waals surface area contributed by atoms with Crippen LogP contribution >= 0.6 is 0 Å². The number of benzene rings is 1. The second-order valence-corrected chi connectivity index (χ2v) is 6.19. The number of nitrogens with zero attached hydrogens (tertiary/aromatic N) is 2. The van der Waals surface area contributed by atoms with Gasteiger partial charge in [0, 0.05) is 17.0 Å². The van der Waals surface area contributed by atoms with Gasteiger partial charge in [-0.2, -0.15) is 5.10 Å².